The number of nitrogen functional groups attached to an aromatic ring is 1. The second-order valence-corrected chi connectivity index (χ2v) is 4.54. The van der Waals surface area contributed by atoms with E-state index < -0.39 is 0 Å². The van der Waals surface area contributed by atoms with Crippen molar-refractivity contribution in [2.75, 3.05) is 12.5 Å². The SMILES string of the molecule is COc1c(NN)ncnc1OCc1ccc(Br)cc1. The minimum atomic E-state index is 0.341. The van der Waals surface area contributed by atoms with Crippen LogP contribution in [0.5, 0.6) is 11.6 Å². The van der Waals surface area contributed by atoms with Gasteiger partial charge in [-0.25, -0.2) is 10.8 Å². The second-order valence-electron chi connectivity index (χ2n) is 3.62. The molecule has 0 unspecified atom stereocenters. The predicted octanol–water partition coefficient (Wildman–Crippen LogP) is 2.11. The van der Waals surface area contributed by atoms with Gasteiger partial charge in [0.25, 0.3) is 5.88 Å². The average molecular weight is 325 g/mol. The van der Waals surface area contributed by atoms with Crippen molar-refractivity contribution in [3.05, 3.63) is 40.6 Å². The minimum absolute atomic E-state index is 0.341. The molecule has 7 heteroatoms. The molecule has 3 N–H and O–H groups in total. The van der Waals surface area contributed by atoms with E-state index in [0.717, 1.165) is 10.0 Å². The van der Waals surface area contributed by atoms with Gasteiger partial charge in [-0.15, -0.1) is 0 Å². The molecule has 0 radical (unpaired) electrons. The second kappa shape index (κ2) is 6.35. The normalized spacial score (nSPS) is 10.1. The molecule has 6 nitrogen and oxygen atoms in total. The molecule has 1 aromatic carbocycles. The highest BCUT2D eigenvalue weighted by atomic mass is 79.9. The van der Waals surface area contributed by atoms with Gasteiger partial charge in [-0.3, -0.25) is 0 Å². The number of halogens is 1. The number of nitrogens with zero attached hydrogens (tertiary/aromatic N) is 2. The number of aromatic nitrogens is 2. The zero-order valence-corrected chi connectivity index (χ0v) is 11.8. The third-order valence-electron chi connectivity index (χ3n) is 2.40. The van der Waals surface area contributed by atoms with Crippen LogP contribution in [0.4, 0.5) is 5.82 Å². The molecular weight excluding hydrogens is 312 g/mol. The van der Waals surface area contributed by atoms with Crippen LogP contribution in [0.15, 0.2) is 35.1 Å². The lowest BCUT2D eigenvalue weighted by Gasteiger charge is -2.11. The van der Waals surface area contributed by atoms with Crippen molar-refractivity contribution in [3.8, 4) is 11.6 Å². The van der Waals surface area contributed by atoms with Gasteiger partial charge < -0.3 is 14.9 Å². The summed E-state index contributed by atoms with van der Waals surface area (Å²) >= 11 is 3.38. The minimum Gasteiger partial charge on any atom is -0.489 e. The van der Waals surface area contributed by atoms with Gasteiger partial charge in [-0.2, -0.15) is 4.98 Å². The Morgan fingerprint density at radius 2 is 2.00 bits per heavy atom. The Balaban J connectivity index is 2.13. The summed E-state index contributed by atoms with van der Waals surface area (Å²) in [5, 5.41) is 0. The summed E-state index contributed by atoms with van der Waals surface area (Å²) in [5.74, 6) is 6.43. The molecule has 0 atom stereocenters. The Kier molecular flexibility index (Phi) is 4.53. The topological polar surface area (TPSA) is 82.3 Å². The van der Waals surface area contributed by atoms with E-state index in [-0.39, 0.29) is 0 Å². The quantitative estimate of drug-likeness (QED) is 0.647. The number of ether oxygens (including phenoxy) is 2. The molecule has 2 aromatic rings. The number of hydrogen-bond donors (Lipinski definition) is 2. The molecule has 2 rings (SSSR count). The van der Waals surface area contributed by atoms with Crippen LogP contribution < -0.4 is 20.7 Å². The van der Waals surface area contributed by atoms with E-state index in [1.807, 2.05) is 24.3 Å². The lowest BCUT2D eigenvalue weighted by molar-refractivity contribution is 0.272. The number of methoxy groups -OCH3 is 1. The fraction of sp³-hybridized carbons (Fsp3) is 0.167. The molecule has 0 bridgehead atoms. The van der Waals surface area contributed by atoms with E-state index in [9.17, 15) is 0 Å². The molecule has 1 heterocycles. The van der Waals surface area contributed by atoms with Crippen molar-refractivity contribution in [2.45, 2.75) is 6.61 Å². The zero-order chi connectivity index (χ0) is 13.7. The zero-order valence-electron chi connectivity index (χ0n) is 10.3. The molecule has 1 aromatic heterocycles. The lowest BCUT2D eigenvalue weighted by Crippen LogP contribution is -2.11. The monoisotopic (exact) mass is 324 g/mol. The number of benzene rings is 1. The smallest absolute Gasteiger partial charge is 0.262 e. The largest absolute Gasteiger partial charge is 0.489 e. The third kappa shape index (κ3) is 3.33. The molecular formula is C12H13BrN4O2. The first kappa shape index (κ1) is 13.6. The van der Waals surface area contributed by atoms with Crippen LogP contribution in [0.3, 0.4) is 0 Å². The summed E-state index contributed by atoms with van der Waals surface area (Å²) in [6.45, 7) is 0.380. The van der Waals surface area contributed by atoms with Crippen molar-refractivity contribution in [1.82, 2.24) is 9.97 Å². The highest BCUT2D eigenvalue weighted by Gasteiger charge is 2.12. The maximum Gasteiger partial charge on any atom is 0.262 e. The standard InChI is InChI=1S/C12H13BrN4O2/c1-18-10-11(17-14)15-7-16-12(10)19-6-8-2-4-9(13)5-3-8/h2-5,7H,6,14H2,1H3,(H,15,16,17). The van der Waals surface area contributed by atoms with Crippen LogP contribution in [0.2, 0.25) is 0 Å². The van der Waals surface area contributed by atoms with E-state index in [4.69, 9.17) is 15.3 Å². The van der Waals surface area contributed by atoms with Crippen LogP contribution in [0.1, 0.15) is 5.56 Å². The third-order valence-corrected chi connectivity index (χ3v) is 2.93. The summed E-state index contributed by atoms with van der Waals surface area (Å²) in [4.78, 5) is 7.96. The summed E-state index contributed by atoms with van der Waals surface area (Å²) in [6, 6.07) is 7.81. The number of nitrogens with two attached hydrogens (primary N) is 1. The highest BCUT2D eigenvalue weighted by Crippen LogP contribution is 2.30. The molecule has 100 valence electrons. The Labute approximate surface area is 119 Å². The first-order valence-electron chi connectivity index (χ1n) is 5.47. The molecule has 0 amide bonds. The molecule has 0 saturated carbocycles. The Bertz CT molecular complexity index is 548. The number of anilines is 1. The van der Waals surface area contributed by atoms with Crippen LogP contribution in [0, 0.1) is 0 Å². The van der Waals surface area contributed by atoms with Crippen LogP contribution in [-0.4, -0.2) is 17.1 Å². The van der Waals surface area contributed by atoms with Crippen LogP contribution in [0.25, 0.3) is 0 Å². The Hall–Kier alpha value is -1.86. The van der Waals surface area contributed by atoms with Crippen molar-refractivity contribution >= 4 is 21.7 Å². The maximum atomic E-state index is 5.61. The summed E-state index contributed by atoms with van der Waals surface area (Å²) in [5.41, 5.74) is 3.45. The number of rotatable bonds is 5. The van der Waals surface area contributed by atoms with Crippen LogP contribution >= 0.6 is 15.9 Å². The van der Waals surface area contributed by atoms with Gasteiger partial charge in [0.1, 0.15) is 12.9 Å². The van der Waals surface area contributed by atoms with Gasteiger partial charge >= 0.3 is 0 Å². The lowest BCUT2D eigenvalue weighted by atomic mass is 10.2. The molecule has 0 spiro atoms. The molecule has 0 saturated heterocycles. The number of hydrazine groups is 1. The first-order chi connectivity index (χ1) is 9.24. The van der Waals surface area contributed by atoms with Crippen molar-refractivity contribution in [1.29, 1.82) is 0 Å². The van der Waals surface area contributed by atoms with E-state index in [1.54, 1.807) is 0 Å². The van der Waals surface area contributed by atoms with E-state index in [1.165, 1.54) is 13.4 Å². The summed E-state index contributed by atoms with van der Waals surface area (Å²) in [6.07, 6.45) is 1.36. The molecule has 19 heavy (non-hydrogen) atoms. The van der Waals surface area contributed by atoms with Gasteiger partial charge in [0, 0.05) is 4.47 Å². The molecule has 0 fully saturated rings. The molecule has 0 aliphatic heterocycles. The van der Waals surface area contributed by atoms with Crippen molar-refractivity contribution in [2.24, 2.45) is 5.84 Å². The molecule has 0 aliphatic carbocycles. The summed E-state index contributed by atoms with van der Waals surface area (Å²) < 4.78 is 11.8. The van der Waals surface area contributed by atoms with E-state index in [0.29, 0.717) is 24.1 Å². The van der Waals surface area contributed by atoms with E-state index in [2.05, 4.69) is 31.3 Å². The fourth-order valence-corrected chi connectivity index (χ4v) is 1.74. The van der Waals surface area contributed by atoms with Gasteiger partial charge in [-0.05, 0) is 17.7 Å². The molecule has 0 aliphatic rings. The van der Waals surface area contributed by atoms with Crippen molar-refractivity contribution < 1.29 is 9.47 Å². The fourth-order valence-electron chi connectivity index (χ4n) is 1.48. The van der Waals surface area contributed by atoms with Gasteiger partial charge in [0.2, 0.25) is 5.75 Å². The van der Waals surface area contributed by atoms with Crippen LogP contribution in [-0.2, 0) is 6.61 Å². The number of nitrogens with one attached hydrogen (secondary N) is 1. The first-order valence-corrected chi connectivity index (χ1v) is 6.26. The number of hydrogen-bond acceptors (Lipinski definition) is 6. The predicted molar refractivity (Wildman–Crippen MR) is 74.9 cm³/mol. The highest BCUT2D eigenvalue weighted by molar-refractivity contribution is 9.10. The maximum absolute atomic E-state index is 5.61. The van der Waals surface area contributed by atoms with E-state index >= 15 is 0 Å². The van der Waals surface area contributed by atoms with Gasteiger partial charge in [0.15, 0.2) is 5.82 Å². The average Bonchev–Trinajstić information content (AvgIpc) is 2.46. The van der Waals surface area contributed by atoms with Gasteiger partial charge in [-0.1, -0.05) is 28.1 Å². The Morgan fingerprint density at radius 1 is 1.26 bits per heavy atom. The van der Waals surface area contributed by atoms with Crippen molar-refractivity contribution in [3.63, 3.8) is 0 Å². The summed E-state index contributed by atoms with van der Waals surface area (Å²) in [7, 11) is 1.51. The Morgan fingerprint density at radius 3 is 2.63 bits per heavy atom. The van der Waals surface area contributed by atoms with Gasteiger partial charge in [0.05, 0.1) is 7.11 Å².